The summed E-state index contributed by atoms with van der Waals surface area (Å²) >= 11 is 7.47. The topological polar surface area (TPSA) is 264 Å². The lowest BCUT2D eigenvalue weighted by Gasteiger charge is -2.32. The summed E-state index contributed by atoms with van der Waals surface area (Å²) in [7, 11) is 0. The normalized spacial score (nSPS) is 30.1. The molecule has 23 nitrogen and oxygen atoms in total. The SMILES string of the molecule is O=[N+]([O-])c1ccccc1CS[P@]1(=O)OC[C@H]2O[C@@H]3[C@H](F)[C@@H]2O[P@](=S)(SCc2ccccc2[N+](=O)[O-])OC[C@H]2OC([C@H](F)[C@@H]2O1)n1cnc2c(ncnc21)OC/C=C/COc1ncnc2c1ncn23. The summed E-state index contributed by atoms with van der Waals surface area (Å²) in [6.45, 7) is -6.07. The number of nitro groups is 2. The van der Waals surface area contributed by atoms with Crippen molar-refractivity contribution in [1.29, 1.82) is 0 Å². The summed E-state index contributed by atoms with van der Waals surface area (Å²) in [5, 5.41) is 24.0. The number of nitro benzene ring substituents is 2. The van der Waals surface area contributed by atoms with E-state index in [4.69, 9.17) is 48.8 Å². The van der Waals surface area contributed by atoms with Crippen molar-refractivity contribution in [2.24, 2.45) is 0 Å². The molecule has 30 heteroatoms. The first-order valence-corrected chi connectivity index (χ1v) is 27.7. The predicted octanol–water partition coefficient (Wildman–Crippen LogP) is 7.30. The second-order valence-electron chi connectivity index (χ2n) is 15.1. The van der Waals surface area contributed by atoms with E-state index in [-0.39, 0.29) is 81.3 Å². The summed E-state index contributed by atoms with van der Waals surface area (Å²) < 4.78 is 102. The molecular weight excluding hydrogens is 1000 g/mol. The molecule has 10 atom stereocenters. The van der Waals surface area contributed by atoms with Crippen molar-refractivity contribution >= 4 is 80.8 Å². The van der Waals surface area contributed by atoms with E-state index in [1.165, 1.54) is 70.8 Å². The van der Waals surface area contributed by atoms with Gasteiger partial charge >= 0.3 is 6.80 Å². The Bertz CT molecular complexity index is 2840. The Hall–Kier alpha value is -5.12. The Labute approximate surface area is 394 Å². The second kappa shape index (κ2) is 19.3. The van der Waals surface area contributed by atoms with E-state index in [2.05, 4.69) is 29.9 Å². The van der Waals surface area contributed by atoms with Gasteiger partial charge in [0.15, 0.2) is 47.1 Å². The van der Waals surface area contributed by atoms with Crippen molar-refractivity contribution in [3.8, 4) is 11.8 Å². The molecule has 1 unspecified atom stereocenters. The number of imidazole rings is 2. The Balaban J connectivity index is 1.09. The summed E-state index contributed by atoms with van der Waals surface area (Å²) in [6.07, 6.45) is -5.56. The maximum Gasteiger partial charge on any atom is 0.390 e. The maximum atomic E-state index is 17.4. The van der Waals surface area contributed by atoms with E-state index in [0.29, 0.717) is 11.4 Å². The van der Waals surface area contributed by atoms with Crippen LogP contribution in [0.1, 0.15) is 23.6 Å². The van der Waals surface area contributed by atoms with E-state index >= 15 is 13.3 Å². The Morgan fingerprint density at radius 1 is 0.691 bits per heavy atom. The lowest BCUT2D eigenvalue weighted by atomic mass is 10.1. The Kier molecular flexibility index (Phi) is 13.3. The molecule has 6 aromatic rings. The molecule has 3 fully saturated rings. The number of halogens is 2. The smallest absolute Gasteiger partial charge is 0.390 e. The summed E-state index contributed by atoms with van der Waals surface area (Å²) in [5.41, 5.74) is -3.58. The van der Waals surface area contributed by atoms with Crippen molar-refractivity contribution < 1.29 is 60.2 Å². The average Bonchev–Trinajstić information content (AvgIpc) is 4.11. The first kappa shape index (κ1) is 46.6. The maximum absolute atomic E-state index is 17.4. The van der Waals surface area contributed by atoms with Gasteiger partial charge in [0.25, 0.3) is 11.4 Å². The summed E-state index contributed by atoms with van der Waals surface area (Å²) in [5.74, 6) is -0.358. The van der Waals surface area contributed by atoms with Gasteiger partial charge in [-0.05, 0) is 35.3 Å². The molecule has 5 aliphatic rings. The Morgan fingerprint density at radius 3 is 1.71 bits per heavy atom. The second-order valence-corrected chi connectivity index (χ2v) is 25.4. The van der Waals surface area contributed by atoms with Gasteiger partial charge in [0.1, 0.15) is 50.3 Å². The molecule has 0 N–H and O–H groups in total. The lowest BCUT2D eigenvalue weighted by molar-refractivity contribution is -0.385. The summed E-state index contributed by atoms with van der Waals surface area (Å²) in [4.78, 5) is 48.7. The molecule has 2 aromatic carbocycles. The largest absolute Gasteiger partial charge is 0.472 e. The van der Waals surface area contributed by atoms with Crippen LogP contribution in [0.15, 0.2) is 86.0 Å². The van der Waals surface area contributed by atoms with Crippen LogP contribution in [-0.2, 0) is 55.4 Å². The minimum Gasteiger partial charge on any atom is -0.472 e. The van der Waals surface area contributed by atoms with Crippen LogP contribution in [0, 0.1) is 20.2 Å². The van der Waals surface area contributed by atoms with E-state index < -0.39 is 84.8 Å². The number of rotatable bonds is 8. The quantitative estimate of drug-likeness (QED) is 0.0626. The molecule has 11 rings (SSSR count). The highest BCUT2D eigenvalue weighted by Gasteiger charge is 2.55. The molecule has 0 spiro atoms. The van der Waals surface area contributed by atoms with Crippen LogP contribution in [0.2, 0.25) is 0 Å². The van der Waals surface area contributed by atoms with Crippen LogP contribution in [0.25, 0.3) is 22.3 Å². The highest BCUT2D eigenvalue weighted by atomic mass is 32.9. The molecule has 9 heterocycles. The molecule has 5 aliphatic heterocycles. The zero-order valence-electron chi connectivity index (χ0n) is 34.6. The van der Waals surface area contributed by atoms with Gasteiger partial charge in [-0.1, -0.05) is 47.8 Å². The number of para-hydroxylation sites is 2. The molecule has 68 heavy (non-hydrogen) atoms. The number of hydrogen-bond donors (Lipinski definition) is 0. The van der Waals surface area contributed by atoms with Crippen LogP contribution in [0.5, 0.6) is 11.8 Å². The minimum atomic E-state index is -4.71. The standard InChI is InChI=1S/C38H34F2N10O13P2S3/c39-27-31-26-14-59-65(66,68-16-22-8-2-4-10-24(22)50(53)54)63-32-25(13-58-64(55,62-31)67-15-21-7-1-3-9-23(21)49(51)52)60-38(28(32)40)48-20-46-30-34(48)42-18-44-36(30)57-12-6-5-11-56-35-29-33(41-17-43-35)47(19-45-29)37(27)61-26/h1-10,17-20,25-28,31-32,37-38H,11-16H2/b6-5+/t25-,26-,27-,28-,31-,32-,37?,38-,64-,65-/m1/s1. The van der Waals surface area contributed by atoms with Gasteiger partial charge in [0.2, 0.25) is 17.5 Å². The van der Waals surface area contributed by atoms with E-state index in [1.54, 1.807) is 24.3 Å². The van der Waals surface area contributed by atoms with Crippen LogP contribution >= 0.6 is 35.3 Å². The zero-order chi connectivity index (χ0) is 47.2. The third-order valence-electron chi connectivity index (χ3n) is 11.0. The van der Waals surface area contributed by atoms with E-state index in [0.717, 1.165) is 11.4 Å². The van der Waals surface area contributed by atoms with Gasteiger partial charge in [0.05, 0.1) is 35.7 Å². The van der Waals surface area contributed by atoms with Gasteiger partial charge in [-0.3, -0.25) is 38.4 Å². The van der Waals surface area contributed by atoms with E-state index in [1.807, 2.05) is 0 Å². The molecular formula is C38H34F2N10O13P2S3. The Morgan fingerprint density at radius 2 is 1.18 bits per heavy atom. The van der Waals surface area contributed by atoms with Gasteiger partial charge in [0, 0.05) is 34.8 Å². The number of hydrogen-bond acceptors (Lipinski definition) is 22. The minimum absolute atomic E-state index is 0.000885. The molecule has 0 radical (unpaired) electrons. The number of alkyl halides is 2. The first-order chi connectivity index (χ1) is 32.9. The number of nitrogens with zero attached hydrogens (tertiary/aromatic N) is 10. The molecule has 0 saturated carbocycles. The third-order valence-corrected chi connectivity index (χ3v) is 19.8. The van der Waals surface area contributed by atoms with E-state index in [9.17, 15) is 20.2 Å². The van der Waals surface area contributed by atoms with Crippen LogP contribution in [0.4, 0.5) is 20.2 Å². The predicted molar refractivity (Wildman–Crippen MR) is 241 cm³/mol. The van der Waals surface area contributed by atoms with Crippen molar-refractivity contribution in [2.45, 2.75) is 60.7 Å². The molecule has 0 amide bonds. The van der Waals surface area contributed by atoms with Crippen LogP contribution < -0.4 is 9.47 Å². The van der Waals surface area contributed by atoms with Crippen LogP contribution in [-0.4, -0.2) is 112 Å². The fourth-order valence-electron chi connectivity index (χ4n) is 7.73. The van der Waals surface area contributed by atoms with Gasteiger partial charge < -0.3 is 28.0 Å². The monoisotopic (exact) mass is 1030 g/mol. The summed E-state index contributed by atoms with van der Waals surface area (Å²) in [6, 6.07) is 11.7. The fourth-order valence-corrected chi connectivity index (χ4v) is 15.5. The van der Waals surface area contributed by atoms with Crippen molar-refractivity contribution in [3.05, 3.63) is 117 Å². The van der Waals surface area contributed by atoms with Crippen molar-refractivity contribution in [1.82, 2.24) is 39.0 Å². The van der Waals surface area contributed by atoms with Gasteiger partial charge in [-0.2, -0.15) is 9.97 Å². The average molecular weight is 1030 g/mol. The molecule has 4 aromatic heterocycles. The van der Waals surface area contributed by atoms with Crippen LogP contribution in [0.3, 0.4) is 0 Å². The van der Waals surface area contributed by atoms with Crippen molar-refractivity contribution in [2.75, 3.05) is 26.4 Å². The number of fused-ring (bicyclic) bond motifs is 10. The molecule has 0 aliphatic carbocycles. The molecule has 356 valence electrons. The number of benzene rings is 2. The van der Waals surface area contributed by atoms with Gasteiger partial charge in [-0.25, -0.2) is 33.3 Å². The third kappa shape index (κ3) is 9.22. The molecule has 14 bridgehead atoms. The van der Waals surface area contributed by atoms with Gasteiger partial charge in [-0.15, -0.1) is 0 Å². The zero-order valence-corrected chi connectivity index (χ0v) is 38.8. The number of aromatic nitrogens is 8. The highest BCUT2D eigenvalue weighted by molar-refractivity contribution is 8.67. The highest BCUT2D eigenvalue weighted by Crippen LogP contribution is 2.67. The van der Waals surface area contributed by atoms with Crippen molar-refractivity contribution in [3.63, 3.8) is 0 Å². The lowest BCUT2D eigenvalue weighted by Crippen LogP contribution is -2.37. The fraction of sp³-hybridized carbons (Fsp3) is 0.368. The first-order valence-electron chi connectivity index (χ1n) is 20.3. The molecule has 3 saturated heterocycles. The number of ether oxygens (including phenoxy) is 4.